The molecule has 2 aromatic rings. The van der Waals surface area contributed by atoms with Crippen molar-refractivity contribution in [3.63, 3.8) is 0 Å². The second-order valence-corrected chi connectivity index (χ2v) is 7.49. The van der Waals surface area contributed by atoms with E-state index in [4.69, 9.17) is 16.3 Å². The fourth-order valence-electron chi connectivity index (χ4n) is 2.41. The highest BCUT2D eigenvalue weighted by atomic mass is 35.5. The normalized spacial score (nSPS) is 19.6. The Hall–Kier alpha value is -1.90. The summed E-state index contributed by atoms with van der Waals surface area (Å²) in [6.07, 6.45) is 8.82. The van der Waals surface area contributed by atoms with Gasteiger partial charge < -0.3 is 4.74 Å². The van der Waals surface area contributed by atoms with Gasteiger partial charge in [0.05, 0.1) is 4.87 Å². The maximum atomic E-state index is 6.49. The summed E-state index contributed by atoms with van der Waals surface area (Å²) in [7, 11) is 0. The Morgan fingerprint density at radius 1 is 1.17 bits per heavy atom. The van der Waals surface area contributed by atoms with Crippen molar-refractivity contribution in [2.75, 3.05) is 0 Å². The Kier molecular flexibility index (Phi) is 5.49. The minimum absolute atomic E-state index is 0.474. The third-order valence-corrected chi connectivity index (χ3v) is 5.12. The van der Waals surface area contributed by atoms with Crippen LogP contribution in [0.4, 0.5) is 0 Å². The first kappa shape index (κ1) is 16.9. The van der Waals surface area contributed by atoms with Crippen LogP contribution in [0.5, 0.6) is 5.75 Å². The standard InChI is InChI=1S/C21H19ClOS/c1-2-21(22)13-7-12-20(15-21)24-19-11-6-10-18(14-19)23-16-17-8-4-3-5-9-17/h2-12,14-15H,1,13,16H2. The summed E-state index contributed by atoms with van der Waals surface area (Å²) in [5, 5.41) is 0. The van der Waals surface area contributed by atoms with Crippen LogP contribution in [0.2, 0.25) is 0 Å². The van der Waals surface area contributed by atoms with E-state index < -0.39 is 4.87 Å². The highest BCUT2D eigenvalue weighted by Gasteiger charge is 2.22. The van der Waals surface area contributed by atoms with Crippen molar-refractivity contribution in [2.45, 2.75) is 22.8 Å². The molecule has 1 aliphatic carbocycles. The molecule has 0 radical (unpaired) electrons. The molecule has 1 aliphatic rings. The molecule has 0 saturated heterocycles. The van der Waals surface area contributed by atoms with Crippen LogP contribution in [-0.2, 0) is 6.61 Å². The summed E-state index contributed by atoms with van der Waals surface area (Å²) in [4.78, 5) is 1.77. The number of rotatable bonds is 6. The molecule has 0 heterocycles. The zero-order chi connectivity index (χ0) is 16.8. The zero-order valence-electron chi connectivity index (χ0n) is 13.3. The van der Waals surface area contributed by atoms with Gasteiger partial charge >= 0.3 is 0 Å². The van der Waals surface area contributed by atoms with E-state index in [0.717, 1.165) is 27.5 Å². The molecule has 0 N–H and O–H groups in total. The van der Waals surface area contributed by atoms with Crippen molar-refractivity contribution in [3.05, 3.63) is 95.9 Å². The van der Waals surface area contributed by atoms with Gasteiger partial charge in [0.1, 0.15) is 12.4 Å². The summed E-state index contributed by atoms with van der Waals surface area (Å²) in [5.41, 5.74) is 1.16. The Labute approximate surface area is 152 Å². The number of alkyl halides is 1. The number of halogens is 1. The van der Waals surface area contributed by atoms with Gasteiger partial charge in [0.25, 0.3) is 0 Å². The maximum Gasteiger partial charge on any atom is 0.120 e. The zero-order valence-corrected chi connectivity index (χ0v) is 14.9. The number of ether oxygens (including phenoxy) is 1. The molecule has 3 heteroatoms. The molecule has 0 fully saturated rings. The van der Waals surface area contributed by atoms with Crippen molar-refractivity contribution in [1.29, 1.82) is 0 Å². The van der Waals surface area contributed by atoms with Crippen LogP contribution in [0.1, 0.15) is 12.0 Å². The van der Waals surface area contributed by atoms with Crippen molar-refractivity contribution in [2.24, 2.45) is 0 Å². The quantitative estimate of drug-likeness (QED) is 0.440. The lowest BCUT2D eigenvalue weighted by atomic mass is 10.0. The monoisotopic (exact) mass is 354 g/mol. The smallest absolute Gasteiger partial charge is 0.120 e. The van der Waals surface area contributed by atoms with Gasteiger partial charge in [0.2, 0.25) is 0 Å². The highest BCUT2D eigenvalue weighted by molar-refractivity contribution is 8.03. The minimum atomic E-state index is -0.474. The molecule has 122 valence electrons. The minimum Gasteiger partial charge on any atom is -0.489 e. The van der Waals surface area contributed by atoms with E-state index in [-0.39, 0.29) is 0 Å². The van der Waals surface area contributed by atoms with E-state index in [9.17, 15) is 0 Å². The Balaban J connectivity index is 1.67. The molecule has 3 rings (SSSR count). The average Bonchev–Trinajstić information content (AvgIpc) is 2.61. The van der Waals surface area contributed by atoms with Gasteiger partial charge in [0, 0.05) is 9.80 Å². The first-order valence-corrected chi connectivity index (χ1v) is 9.03. The van der Waals surface area contributed by atoms with Crippen LogP contribution in [-0.4, -0.2) is 4.87 Å². The molecule has 24 heavy (non-hydrogen) atoms. The fourth-order valence-corrected chi connectivity index (χ4v) is 3.71. The fraction of sp³-hybridized carbons (Fsp3) is 0.143. The lowest BCUT2D eigenvalue weighted by Gasteiger charge is -2.21. The van der Waals surface area contributed by atoms with Crippen molar-refractivity contribution < 1.29 is 4.74 Å². The summed E-state index contributed by atoms with van der Waals surface area (Å²) in [5.74, 6) is 0.866. The third kappa shape index (κ3) is 4.56. The van der Waals surface area contributed by atoms with Gasteiger partial charge in [-0.3, -0.25) is 0 Å². The van der Waals surface area contributed by atoms with Crippen LogP contribution in [0.3, 0.4) is 0 Å². The lowest BCUT2D eigenvalue weighted by molar-refractivity contribution is 0.305. The number of allylic oxidation sites excluding steroid dienone is 4. The predicted molar refractivity (Wildman–Crippen MR) is 104 cm³/mol. The van der Waals surface area contributed by atoms with Gasteiger partial charge in [-0.15, -0.1) is 18.2 Å². The van der Waals surface area contributed by atoms with E-state index in [0.29, 0.717) is 6.61 Å². The van der Waals surface area contributed by atoms with Crippen molar-refractivity contribution in [1.82, 2.24) is 0 Å². The first-order chi connectivity index (χ1) is 11.7. The lowest BCUT2D eigenvalue weighted by Crippen LogP contribution is -2.15. The molecule has 0 saturated carbocycles. The number of hydrogen-bond acceptors (Lipinski definition) is 2. The van der Waals surface area contributed by atoms with E-state index >= 15 is 0 Å². The summed E-state index contributed by atoms with van der Waals surface area (Å²) in [6.45, 7) is 4.39. The molecule has 1 nitrogen and oxygen atoms in total. The van der Waals surface area contributed by atoms with Gasteiger partial charge in [-0.05, 0) is 36.3 Å². The number of hydrogen-bond donors (Lipinski definition) is 0. The Morgan fingerprint density at radius 2 is 2.00 bits per heavy atom. The number of thioether (sulfide) groups is 1. The molecule has 0 aromatic heterocycles. The maximum absolute atomic E-state index is 6.49. The van der Waals surface area contributed by atoms with Gasteiger partial charge in [0.15, 0.2) is 0 Å². The van der Waals surface area contributed by atoms with Gasteiger partial charge in [-0.1, -0.05) is 66.4 Å². The molecule has 0 aliphatic heterocycles. The molecule has 1 unspecified atom stereocenters. The molecule has 1 atom stereocenters. The predicted octanol–water partition coefficient (Wildman–Crippen LogP) is 6.37. The molecular weight excluding hydrogens is 336 g/mol. The molecular formula is C21H19ClOS. The van der Waals surface area contributed by atoms with Crippen LogP contribution in [0, 0.1) is 0 Å². The van der Waals surface area contributed by atoms with E-state index in [1.807, 2.05) is 30.3 Å². The van der Waals surface area contributed by atoms with Crippen molar-refractivity contribution >= 4 is 23.4 Å². The van der Waals surface area contributed by atoms with Crippen LogP contribution < -0.4 is 4.74 Å². The highest BCUT2D eigenvalue weighted by Crippen LogP contribution is 2.37. The molecule has 0 bridgehead atoms. The first-order valence-electron chi connectivity index (χ1n) is 7.83. The third-order valence-electron chi connectivity index (χ3n) is 3.72. The summed E-state index contributed by atoms with van der Waals surface area (Å²) < 4.78 is 5.89. The molecule has 0 amide bonds. The average molecular weight is 355 g/mol. The van der Waals surface area contributed by atoms with Crippen LogP contribution in [0.25, 0.3) is 0 Å². The van der Waals surface area contributed by atoms with Gasteiger partial charge in [-0.25, -0.2) is 0 Å². The second-order valence-electron chi connectivity index (χ2n) is 5.64. The largest absolute Gasteiger partial charge is 0.489 e. The topological polar surface area (TPSA) is 9.23 Å². The van der Waals surface area contributed by atoms with E-state index in [1.54, 1.807) is 17.8 Å². The van der Waals surface area contributed by atoms with Crippen LogP contribution >= 0.6 is 23.4 Å². The van der Waals surface area contributed by atoms with Crippen molar-refractivity contribution in [3.8, 4) is 5.75 Å². The SMILES string of the molecule is C=CC1(Cl)C=C(Sc2cccc(OCc3ccccc3)c2)C=CC1. The summed E-state index contributed by atoms with van der Waals surface area (Å²) >= 11 is 8.17. The molecule has 0 spiro atoms. The molecule has 2 aromatic carbocycles. The Morgan fingerprint density at radius 3 is 2.79 bits per heavy atom. The summed E-state index contributed by atoms with van der Waals surface area (Å²) in [6, 6.07) is 18.3. The van der Waals surface area contributed by atoms with Gasteiger partial charge in [-0.2, -0.15) is 0 Å². The van der Waals surface area contributed by atoms with E-state index in [2.05, 4.69) is 49.1 Å². The second kappa shape index (κ2) is 7.78. The van der Waals surface area contributed by atoms with E-state index in [1.165, 1.54) is 0 Å². The Bertz CT molecular complexity index is 766. The van der Waals surface area contributed by atoms with Crippen LogP contribution in [0.15, 0.2) is 95.3 Å². The number of benzene rings is 2.